The van der Waals surface area contributed by atoms with Gasteiger partial charge in [-0.25, -0.2) is 4.98 Å². The van der Waals surface area contributed by atoms with Gasteiger partial charge in [-0.1, -0.05) is 0 Å². The quantitative estimate of drug-likeness (QED) is 0.635. The number of hydrogen-bond donors (Lipinski definition) is 2. The van der Waals surface area contributed by atoms with Crippen LogP contribution in [0.2, 0.25) is 0 Å². The lowest BCUT2D eigenvalue weighted by Gasteiger charge is -2.11. The summed E-state index contributed by atoms with van der Waals surface area (Å²) < 4.78 is 12.5. The van der Waals surface area contributed by atoms with E-state index in [1.54, 1.807) is 26.4 Å². The van der Waals surface area contributed by atoms with Gasteiger partial charge in [-0.2, -0.15) is 10.1 Å². The lowest BCUT2D eigenvalue weighted by molar-refractivity contribution is 0.356. The first-order valence-corrected chi connectivity index (χ1v) is 8.03. The molecule has 0 fully saturated rings. The lowest BCUT2D eigenvalue weighted by atomic mass is 10.2. The molecule has 0 aliphatic heterocycles. The normalized spacial score (nSPS) is 10.8. The number of benzene rings is 1. The van der Waals surface area contributed by atoms with Gasteiger partial charge in [-0.15, -0.1) is 0 Å². The molecule has 2 aromatic heterocycles. The first-order chi connectivity index (χ1) is 12.1. The van der Waals surface area contributed by atoms with E-state index < -0.39 is 0 Å². The molecule has 3 rings (SSSR count). The predicted molar refractivity (Wildman–Crippen MR) is 97.1 cm³/mol. The van der Waals surface area contributed by atoms with Gasteiger partial charge in [0.25, 0.3) is 0 Å². The molecule has 132 valence electrons. The number of nitrogens with one attached hydrogen (secondary N) is 1. The second-order valence-corrected chi connectivity index (χ2v) is 5.72. The van der Waals surface area contributed by atoms with Gasteiger partial charge in [0.2, 0.25) is 5.95 Å². The van der Waals surface area contributed by atoms with Crippen molar-refractivity contribution in [2.24, 2.45) is 0 Å². The Morgan fingerprint density at radius 2 is 1.92 bits per heavy atom. The Morgan fingerprint density at radius 1 is 1.16 bits per heavy atom. The maximum absolute atomic E-state index is 6.07. The van der Waals surface area contributed by atoms with Crippen LogP contribution in [0.5, 0.6) is 11.5 Å². The number of rotatable bonds is 7. The Hall–Kier alpha value is -3.03. The Labute approximate surface area is 146 Å². The predicted octanol–water partition coefficient (Wildman–Crippen LogP) is 2.24. The molecule has 0 radical (unpaired) electrons. The number of aromatic nitrogens is 4. The highest BCUT2D eigenvalue weighted by Crippen LogP contribution is 2.33. The van der Waals surface area contributed by atoms with Crippen molar-refractivity contribution in [1.82, 2.24) is 19.7 Å². The summed E-state index contributed by atoms with van der Waals surface area (Å²) >= 11 is 0. The van der Waals surface area contributed by atoms with Crippen LogP contribution >= 0.6 is 0 Å². The minimum absolute atomic E-state index is 0.399. The number of methoxy groups -OCH3 is 2. The van der Waals surface area contributed by atoms with Crippen LogP contribution in [-0.2, 0) is 6.54 Å². The third-order valence-electron chi connectivity index (χ3n) is 3.84. The van der Waals surface area contributed by atoms with Gasteiger partial charge in [-0.05, 0) is 25.0 Å². The molecular formula is C17H22N6O2. The molecule has 8 heteroatoms. The van der Waals surface area contributed by atoms with Crippen molar-refractivity contribution in [3.63, 3.8) is 0 Å². The minimum Gasteiger partial charge on any atom is -0.493 e. The fourth-order valence-corrected chi connectivity index (χ4v) is 2.59. The summed E-state index contributed by atoms with van der Waals surface area (Å²) in [5.74, 6) is 2.10. The fourth-order valence-electron chi connectivity index (χ4n) is 2.59. The van der Waals surface area contributed by atoms with Crippen LogP contribution in [0.3, 0.4) is 0 Å². The van der Waals surface area contributed by atoms with Crippen LogP contribution in [0.1, 0.15) is 12.0 Å². The smallest absolute Gasteiger partial charge is 0.225 e. The number of nitrogens with two attached hydrogens (primary N) is 1. The Balaban J connectivity index is 1.71. The molecule has 0 aliphatic carbocycles. The van der Waals surface area contributed by atoms with E-state index in [9.17, 15) is 0 Å². The Bertz CT molecular complexity index is 877. The SMILES string of the molecule is COc1cc2nc(NCCCn3cc(C)cn3)nc(N)c2cc1OC. The zero-order chi connectivity index (χ0) is 17.8. The highest BCUT2D eigenvalue weighted by molar-refractivity contribution is 5.91. The molecule has 0 saturated heterocycles. The molecule has 0 unspecified atom stereocenters. The van der Waals surface area contributed by atoms with Crippen molar-refractivity contribution < 1.29 is 9.47 Å². The molecule has 0 aliphatic rings. The van der Waals surface area contributed by atoms with Gasteiger partial charge in [0.1, 0.15) is 5.82 Å². The van der Waals surface area contributed by atoms with Gasteiger partial charge >= 0.3 is 0 Å². The highest BCUT2D eigenvalue weighted by Gasteiger charge is 2.11. The Morgan fingerprint density at radius 3 is 2.60 bits per heavy atom. The Kier molecular flexibility index (Phi) is 4.87. The summed E-state index contributed by atoms with van der Waals surface area (Å²) in [6.45, 7) is 3.57. The van der Waals surface area contributed by atoms with Gasteiger partial charge in [0, 0.05) is 30.7 Å². The topological polar surface area (TPSA) is 100 Å². The maximum atomic E-state index is 6.07. The molecule has 3 aromatic rings. The second-order valence-electron chi connectivity index (χ2n) is 5.72. The van der Waals surface area contributed by atoms with Crippen molar-refractivity contribution in [1.29, 1.82) is 0 Å². The number of nitrogen functional groups attached to an aromatic ring is 1. The van der Waals surface area contributed by atoms with Gasteiger partial charge < -0.3 is 20.5 Å². The van der Waals surface area contributed by atoms with Crippen molar-refractivity contribution in [2.45, 2.75) is 19.9 Å². The zero-order valence-electron chi connectivity index (χ0n) is 14.6. The molecule has 0 amide bonds. The summed E-state index contributed by atoms with van der Waals surface area (Å²) in [4.78, 5) is 8.83. The van der Waals surface area contributed by atoms with E-state index in [0.29, 0.717) is 28.8 Å². The molecule has 0 atom stereocenters. The maximum Gasteiger partial charge on any atom is 0.225 e. The minimum atomic E-state index is 0.399. The number of fused-ring (bicyclic) bond motifs is 1. The summed E-state index contributed by atoms with van der Waals surface area (Å²) in [6.07, 6.45) is 4.76. The van der Waals surface area contributed by atoms with E-state index in [2.05, 4.69) is 20.4 Å². The highest BCUT2D eigenvalue weighted by atomic mass is 16.5. The third-order valence-corrected chi connectivity index (χ3v) is 3.84. The number of anilines is 2. The first kappa shape index (κ1) is 16.8. The second kappa shape index (κ2) is 7.25. The summed E-state index contributed by atoms with van der Waals surface area (Å²) in [5.41, 5.74) is 7.93. The summed E-state index contributed by atoms with van der Waals surface area (Å²) in [7, 11) is 3.17. The molecule has 0 saturated carbocycles. The van der Waals surface area contributed by atoms with Crippen molar-refractivity contribution in [2.75, 3.05) is 31.8 Å². The van der Waals surface area contributed by atoms with Crippen LogP contribution < -0.4 is 20.5 Å². The number of ether oxygens (including phenoxy) is 2. The van der Waals surface area contributed by atoms with E-state index in [4.69, 9.17) is 15.2 Å². The van der Waals surface area contributed by atoms with E-state index >= 15 is 0 Å². The average Bonchev–Trinajstić information content (AvgIpc) is 3.03. The van der Waals surface area contributed by atoms with Gasteiger partial charge in [0.15, 0.2) is 11.5 Å². The molecule has 0 spiro atoms. The zero-order valence-corrected chi connectivity index (χ0v) is 14.6. The van der Waals surface area contributed by atoms with Crippen LogP contribution in [0.15, 0.2) is 24.5 Å². The standard InChI is InChI=1S/C17H22N6O2/c1-11-9-20-23(10-11)6-4-5-19-17-21-13-8-15(25-3)14(24-2)7-12(13)16(18)22-17/h7-10H,4-6H2,1-3H3,(H3,18,19,21,22). The lowest BCUT2D eigenvalue weighted by Crippen LogP contribution is -2.10. The number of hydrogen-bond acceptors (Lipinski definition) is 7. The van der Waals surface area contributed by atoms with Crippen molar-refractivity contribution in [3.05, 3.63) is 30.1 Å². The van der Waals surface area contributed by atoms with E-state index in [-0.39, 0.29) is 0 Å². The number of nitrogens with zero attached hydrogens (tertiary/aromatic N) is 4. The summed E-state index contributed by atoms with van der Waals surface area (Å²) in [5, 5.41) is 8.20. The monoisotopic (exact) mass is 342 g/mol. The van der Waals surface area contributed by atoms with Crippen LogP contribution in [0.25, 0.3) is 10.9 Å². The molecule has 1 aromatic carbocycles. The molecule has 2 heterocycles. The molecule has 0 bridgehead atoms. The molecule has 3 N–H and O–H groups in total. The largest absolute Gasteiger partial charge is 0.493 e. The molecular weight excluding hydrogens is 320 g/mol. The van der Waals surface area contributed by atoms with Crippen LogP contribution in [0, 0.1) is 6.92 Å². The average molecular weight is 342 g/mol. The third kappa shape index (κ3) is 3.73. The van der Waals surface area contributed by atoms with Crippen LogP contribution in [0.4, 0.5) is 11.8 Å². The van der Waals surface area contributed by atoms with E-state index in [1.165, 1.54) is 0 Å². The fraction of sp³-hybridized carbons (Fsp3) is 0.353. The first-order valence-electron chi connectivity index (χ1n) is 8.03. The molecule has 8 nitrogen and oxygen atoms in total. The van der Waals surface area contributed by atoms with Gasteiger partial charge in [0.05, 0.1) is 25.9 Å². The van der Waals surface area contributed by atoms with Crippen molar-refractivity contribution in [3.8, 4) is 11.5 Å². The molecule has 25 heavy (non-hydrogen) atoms. The van der Waals surface area contributed by atoms with Gasteiger partial charge in [-0.3, -0.25) is 4.68 Å². The van der Waals surface area contributed by atoms with E-state index in [1.807, 2.05) is 24.0 Å². The van der Waals surface area contributed by atoms with Crippen LogP contribution in [-0.4, -0.2) is 40.5 Å². The number of aryl methyl sites for hydroxylation is 2. The van der Waals surface area contributed by atoms with Crippen molar-refractivity contribution >= 4 is 22.7 Å². The van der Waals surface area contributed by atoms with E-state index in [0.717, 1.165) is 30.5 Å². The summed E-state index contributed by atoms with van der Waals surface area (Å²) in [6, 6.07) is 3.58.